The second-order valence-corrected chi connectivity index (χ2v) is 8.30. The van der Waals surface area contributed by atoms with E-state index in [1.807, 2.05) is 18.2 Å². The molecule has 2 aromatic carbocycles. The van der Waals surface area contributed by atoms with Gasteiger partial charge in [0.25, 0.3) is 5.91 Å². The summed E-state index contributed by atoms with van der Waals surface area (Å²) in [7, 11) is 1.53. The van der Waals surface area contributed by atoms with E-state index in [1.54, 1.807) is 51.1 Å². The van der Waals surface area contributed by atoms with Crippen LogP contribution < -0.4 is 9.64 Å². The highest BCUT2D eigenvalue weighted by Crippen LogP contribution is 2.45. The first-order chi connectivity index (χ1) is 14.2. The molecule has 6 nitrogen and oxygen atoms in total. The number of carbonyl (C=O) groups is 2. The van der Waals surface area contributed by atoms with Gasteiger partial charge in [0.15, 0.2) is 11.5 Å². The molecule has 30 heavy (non-hydrogen) atoms. The Morgan fingerprint density at radius 1 is 1.10 bits per heavy atom. The number of amides is 1. The number of carbonyl (C=O) groups excluding carboxylic acids is 2. The summed E-state index contributed by atoms with van der Waals surface area (Å²) in [6.45, 7) is 5.29. The number of Topliss-reactive ketones (excluding diaryl/α,β-unsaturated/α-hetero) is 1. The molecule has 1 atom stereocenters. The van der Waals surface area contributed by atoms with Crippen molar-refractivity contribution < 1.29 is 24.5 Å². The summed E-state index contributed by atoms with van der Waals surface area (Å²) in [4.78, 5) is 27.8. The van der Waals surface area contributed by atoms with Crippen LogP contribution in [0.25, 0.3) is 0 Å². The molecule has 0 fully saturated rings. The molecule has 2 aromatic rings. The third kappa shape index (κ3) is 3.83. The molecule has 1 heterocycles. The molecule has 1 unspecified atom stereocenters. The summed E-state index contributed by atoms with van der Waals surface area (Å²) >= 11 is 0. The Kier molecular flexibility index (Phi) is 5.99. The minimum Gasteiger partial charge on any atom is -0.503 e. The molecule has 0 aliphatic carbocycles. The summed E-state index contributed by atoms with van der Waals surface area (Å²) in [6, 6.07) is 13.5. The Hall–Kier alpha value is -3.12. The second kappa shape index (κ2) is 8.32. The van der Waals surface area contributed by atoms with Crippen molar-refractivity contribution in [2.24, 2.45) is 5.41 Å². The number of benzene rings is 2. The smallest absolute Gasteiger partial charge is 0.294 e. The average molecular weight is 409 g/mol. The lowest BCUT2D eigenvalue weighted by Crippen LogP contribution is -2.33. The van der Waals surface area contributed by atoms with Crippen LogP contribution in [-0.4, -0.2) is 35.6 Å². The van der Waals surface area contributed by atoms with E-state index in [0.29, 0.717) is 23.4 Å². The number of hydrogen-bond donors (Lipinski definition) is 2. The zero-order valence-electron chi connectivity index (χ0n) is 17.7. The first-order valence-electron chi connectivity index (χ1n) is 9.85. The van der Waals surface area contributed by atoms with Crippen molar-refractivity contribution in [1.29, 1.82) is 0 Å². The fraction of sp³-hybridized carbons (Fsp3) is 0.333. The summed E-state index contributed by atoms with van der Waals surface area (Å²) < 4.78 is 5.50. The SMILES string of the molecule is COc1ccccc1C1C(C(=O)C(C)(C)C)=C(O)C(=O)N1c1ccc(CCO)cc1. The number of para-hydroxylation sites is 1. The van der Waals surface area contributed by atoms with E-state index in [0.717, 1.165) is 5.56 Å². The molecule has 0 aromatic heterocycles. The zero-order valence-corrected chi connectivity index (χ0v) is 17.7. The molecule has 0 radical (unpaired) electrons. The maximum atomic E-state index is 13.3. The molecule has 6 heteroatoms. The Morgan fingerprint density at radius 3 is 2.30 bits per heavy atom. The van der Waals surface area contributed by atoms with Crippen LogP contribution in [0.15, 0.2) is 59.9 Å². The van der Waals surface area contributed by atoms with Crippen LogP contribution in [0.4, 0.5) is 5.69 Å². The summed E-state index contributed by atoms with van der Waals surface area (Å²) in [5.74, 6) is -0.951. The van der Waals surface area contributed by atoms with Gasteiger partial charge in [-0.3, -0.25) is 14.5 Å². The van der Waals surface area contributed by atoms with E-state index in [4.69, 9.17) is 9.84 Å². The number of aliphatic hydroxyl groups is 2. The van der Waals surface area contributed by atoms with E-state index in [9.17, 15) is 14.7 Å². The number of rotatable bonds is 6. The first kappa shape index (κ1) is 21.6. The van der Waals surface area contributed by atoms with Gasteiger partial charge < -0.3 is 14.9 Å². The molecule has 158 valence electrons. The maximum absolute atomic E-state index is 13.3. The molecule has 2 N–H and O–H groups in total. The van der Waals surface area contributed by atoms with Gasteiger partial charge in [0, 0.05) is 23.3 Å². The average Bonchev–Trinajstić information content (AvgIpc) is 2.98. The largest absolute Gasteiger partial charge is 0.503 e. The van der Waals surface area contributed by atoms with Crippen LogP contribution in [-0.2, 0) is 16.0 Å². The van der Waals surface area contributed by atoms with E-state index in [2.05, 4.69) is 0 Å². The molecule has 0 saturated heterocycles. The van der Waals surface area contributed by atoms with Gasteiger partial charge in [-0.2, -0.15) is 0 Å². The van der Waals surface area contributed by atoms with Crippen LogP contribution in [0.5, 0.6) is 5.75 Å². The number of aliphatic hydroxyl groups excluding tert-OH is 2. The molecule has 1 aliphatic rings. The zero-order chi connectivity index (χ0) is 22.1. The number of hydrogen-bond acceptors (Lipinski definition) is 5. The monoisotopic (exact) mass is 409 g/mol. The van der Waals surface area contributed by atoms with Crippen LogP contribution in [0, 0.1) is 5.41 Å². The van der Waals surface area contributed by atoms with E-state index in [1.165, 1.54) is 12.0 Å². The Labute approximate surface area is 176 Å². The summed E-state index contributed by atoms with van der Waals surface area (Å²) in [5.41, 5.74) is 1.36. The van der Waals surface area contributed by atoms with Gasteiger partial charge in [-0.05, 0) is 30.2 Å². The van der Waals surface area contributed by atoms with Crippen LogP contribution in [0.1, 0.15) is 37.9 Å². The molecule has 0 saturated carbocycles. The molecular formula is C24H27NO5. The highest BCUT2D eigenvalue weighted by atomic mass is 16.5. The summed E-state index contributed by atoms with van der Waals surface area (Å²) in [5, 5.41) is 19.9. The third-order valence-electron chi connectivity index (χ3n) is 5.18. The van der Waals surface area contributed by atoms with Crippen molar-refractivity contribution in [3.63, 3.8) is 0 Å². The van der Waals surface area contributed by atoms with Gasteiger partial charge in [0.1, 0.15) is 5.75 Å². The number of anilines is 1. The second-order valence-electron chi connectivity index (χ2n) is 8.30. The van der Waals surface area contributed by atoms with Crippen LogP contribution in [0.3, 0.4) is 0 Å². The molecule has 0 spiro atoms. The third-order valence-corrected chi connectivity index (χ3v) is 5.18. The Morgan fingerprint density at radius 2 is 1.73 bits per heavy atom. The van der Waals surface area contributed by atoms with Gasteiger partial charge >= 0.3 is 0 Å². The van der Waals surface area contributed by atoms with Crippen molar-refractivity contribution in [2.45, 2.75) is 33.2 Å². The lowest BCUT2D eigenvalue weighted by Gasteiger charge is -2.30. The summed E-state index contributed by atoms with van der Waals surface area (Å²) in [6.07, 6.45) is 0.501. The van der Waals surface area contributed by atoms with Crippen molar-refractivity contribution in [2.75, 3.05) is 18.6 Å². The van der Waals surface area contributed by atoms with Gasteiger partial charge in [0.2, 0.25) is 0 Å². The number of methoxy groups -OCH3 is 1. The lowest BCUT2D eigenvalue weighted by molar-refractivity contribution is -0.123. The Bertz CT molecular complexity index is 985. The van der Waals surface area contributed by atoms with Crippen molar-refractivity contribution in [3.05, 3.63) is 71.0 Å². The topological polar surface area (TPSA) is 87.1 Å². The molecule has 3 rings (SSSR count). The Balaban J connectivity index is 2.19. The minimum atomic E-state index is -0.816. The van der Waals surface area contributed by atoms with Crippen LogP contribution in [0.2, 0.25) is 0 Å². The van der Waals surface area contributed by atoms with Gasteiger partial charge in [-0.25, -0.2) is 0 Å². The highest BCUT2D eigenvalue weighted by Gasteiger charge is 2.47. The maximum Gasteiger partial charge on any atom is 0.294 e. The van der Waals surface area contributed by atoms with Gasteiger partial charge in [-0.15, -0.1) is 0 Å². The minimum absolute atomic E-state index is 0.0262. The lowest BCUT2D eigenvalue weighted by atomic mass is 9.82. The van der Waals surface area contributed by atoms with Crippen molar-refractivity contribution >= 4 is 17.4 Å². The van der Waals surface area contributed by atoms with Gasteiger partial charge in [0.05, 0.1) is 18.7 Å². The fourth-order valence-corrected chi connectivity index (χ4v) is 3.65. The highest BCUT2D eigenvalue weighted by molar-refractivity contribution is 6.17. The molecular weight excluding hydrogens is 382 g/mol. The number of ether oxygens (including phenoxy) is 1. The van der Waals surface area contributed by atoms with Crippen molar-refractivity contribution in [3.8, 4) is 5.75 Å². The predicted molar refractivity (Wildman–Crippen MR) is 115 cm³/mol. The molecule has 1 aliphatic heterocycles. The quantitative estimate of drug-likeness (QED) is 0.759. The van der Waals surface area contributed by atoms with Crippen LogP contribution >= 0.6 is 0 Å². The van der Waals surface area contributed by atoms with E-state index in [-0.39, 0.29) is 18.0 Å². The first-order valence-corrected chi connectivity index (χ1v) is 9.85. The van der Waals surface area contributed by atoms with Crippen molar-refractivity contribution in [1.82, 2.24) is 0 Å². The predicted octanol–water partition coefficient (Wildman–Crippen LogP) is 3.75. The van der Waals surface area contributed by atoms with E-state index < -0.39 is 23.1 Å². The normalized spacial score (nSPS) is 16.9. The van der Waals surface area contributed by atoms with Gasteiger partial charge in [-0.1, -0.05) is 51.1 Å². The molecule has 0 bridgehead atoms. The number of ketones is 1. The molecule has 1 amide bonds. The fourth-order valence-electron chi connectivity index (χ4n) is 3.65. The van der Waals surface area contributed by atoms with E-state index >= 15 is 0 Å². The standard InChI is InChI=1S/C24H27NO5/c1-24(2,3)22(28)19-20(17-7-5-6-8-18(17)30-4)25(23(29)21(19)27)16-11-9-15(10-12-16)13-14-26/h5-12,20,26-27H,13-14H2,1-4H3. The number of nitrogens with zero attached hydrogens (tertiary/aromatic N) is 1.